The fourth-order valence-corrected chi connectivity index (χ4v) is 3.26. The van der Waals surface area contributed by atoms with Gasteiger partial charge in [-0.1, -0.05) is 12.1 Å². The second kappa shape index (κ2) is 7.85. The molecule has 2 aromatic rings. The molecule has 3 rings (SSSR count). The van der Waals surface area contributed by atoms with E-state index >= 15 is 0 Å². The van der Waals surface area contributed by atoms with Crippen molar-refractivity contribution in [2.24, 2.45) is 0 Å². The average molecular weight is 357 g/mol. The summed E-state index contributed by atoms with van der Waals surface area (Å²) >= 11 is 0. The molecule has 0 saturated carbocycles. The Morgan fingerprint density at radius 3 is 2.50 bits per heavy atom. The number of benzene rings is 2. The van der Waals surface area contributed by atoms with Crippen LogP contribution in [-0.4, -0.2) is 36.1 Å². The van der Waals surface area contributed by atoms with Gasteiger partial charge in [0.1, 0.15) is 5.82 Å². The van der Waals surface area contributed by atoms with Gasteiger partial charge in [-0.3, -0.25) is 9.69 Å². The van der Waals surface area contributed by atoms with Crippen molar-refractivity contribution in [2.45, 2.75) is 32.6 Å². The largest absolute Gasteiger partial charge is 0.397 e. The van der Waals surface area contributed by atoms with E-state index < -0.39 is 5.82 Å². The molecule has 138 valence electrons. The summed E-state index contributed by atoms with van der Waals surface area (Å²) in [7, 11) is 0. The van der Waals surface area contributed by atoms with Crippen molar-refractivity contribution in [3.63, 3.8) is 0 Å². The van der Waals surface area contributed by atoms with Crippen molar-refractivity contribution in [2.75, 3.05) is 24.1 Å². The van der Waals surface area contributed by atoms with Crippen LogP contribution in [0.3, 0.4) is 0 Å². The first-order valence-electron chi connectivity index (χ1n) is 8.74. The topological polar surface area (TPSA) is 67.6 Å². The molecule has 0 radical (unpaired) electrons. The molecule has 0 spiro atoms. The van der Waals surface area contributed by atoms with Gasteiger partial charge in [-0.25, -0.2) is 4.39 Å². The van der Waals surface area contributed by atoms with Crippen molar-refractivity contribution < 1.29 is 13.9 Å². The number of hydrogen-bond acceptors (Lipinski definition) is 4. The highest BCUT2D eigenvalue weighted by Gasteiger charge is 2.22. The third kappa shape index (κ3) is 4.59. The van der Waals surface area contributed by atoms with E-state index in [1.807, 2.05) is 12.1 Å². The zero-order chi connectivity index (χ0) is 18.7. The molecule has 1 fully saturated rings. The van der Waals surface area contributed by atoms with Gasteiger partial charge in [0.2, 0.25) is 0 Å². The van der Waals surface area contributed by atoms with Crippen molar-refractivity contribution in [3.8, 4) is 0 Å². The zero-order valence-electron chi connectivity index (χ0n) is 15.0. The summed E-state index contributed by atoms with van der Waals surface area (Å²) in [6.07, 6.45) is 0.445. The summed E-state index contributed by atoms with van der Waals surface area (Å²) in [5, 5.41) is 2.65. The number of amides is 1. The number of anilines is 2. The number of nitrogens with two attached hydrogens (primary N) is 1. The van der Waals surface area contributed by atoms with Crippen LogP contribution in [0.1, 0.15) is 29.8 Å². The average Bonchev–Trinajstić information content (AvgIpc) is 2.58. The van der Waals surface area contributed by atoms with E-state index in [4.69, 9.17) is 10.5 Å². The van der Waals surface area contributed by atoms with Crippen LogP contribution >= 0.6 is 0 Å². The van der Waals surface area contributed by atoms with Crippen LogP contribution in [0.5, 0.6) is 0 Å². The predicted octanol–water partition coefficient (Wildman–Crippen LogP) is 3.27. The van der Waals surface area contributed by atoms with Crippen LogP contribution in [0.15, 0.2) is 42.5 Å². The Balaban J connectivity index is 1.63. The number of ether oxygens (including phenoxy) is 1. The lowest BCUT2D eigenvalue weighted by Crippen LogP contribution is -2.44. The molecule has 6 heteroatoms. The highest BCUT2D eigenvalue weighted by atomic mass is 19.1. The minimum absolute atomic E-state index is 0.223. The Morgan fingerprint density at radius 2 is 1.85 bits per heavy atom. The van der Waals surface area contributed by atoms with E-state index in [2.05, 4.69) is 24.1 Å². The van der Waals surface area contributed by atoms with Crippen LogP contribution in [0, 0.1) is 5.82 Å². The Labute approximate surface area is 152 Å². The van der Waals surface area contributed by atoms with Crippen molar-refractivity contribution >= 4 is 17.3 Å². The van der Waals surface area contributed by atoms with Crippen LogP contribution < -0.4 is 11.1 Å². The lowest BCUT2D eigenvalue weighted by Gasteiger charge is -2.35. The summed E-state index contributed by atoms with van der Waals surface area (Å²) in [5.41, 5.74) is 8.00. The minimum Gasteiger partial charge on any atom is -0.397 e. The summed E-state index contributed by atoms with van der Waals surface area (Å²) in [4.78, 5) is 14.7. The third-order valence-corrected chi connectivity index (χ3v) is 4.38. The number of carbonyl (C=O) groups is 1. The number of halogens is 1. The van der Waals surface area contributed by atoms with E-state index in [9.17, 15) is 9.18 Å². The van der Waals surface area contributed by atoms with E-state index in [-0.39, 0.29) is 23.8 Å². The van der Waals surface area contributed by atoms with Gasteiger partial charge in [-0.15, -0.1) is 0 Å². The van der Waals surface area contributed by atoms with Gasteiger partial charge in [0, 0.05) is 25.2 Å². The molecule has 5 nitrogen and oxygen atoms in total. The number of carbonyl (C=O) groups excluding carboxylic acids is 1. The Bertz CT molecular complexity index is 769. The van der Waals surface area contributed by atoms with Gasteiger partial charge in [0.25, 0.3) is 5.91 Å². The molecule has 1 heterocycles. The lowest BCUT2D eigenvalue weighted by molar-refractivity contribution is -0.0704. The second-order valence-electron chi connectivity index (χ2n) is 6.83. The first-order valence-corrected chi connectivity index (χ1v) is 8.74. The molecule has 3 N–H and O–H groups in total. The van der Waals surface area contributed by atoms with Gasteiger partial charge in [-0.05, 0) is 49.7 Å². The quantitative estimate of drug-likeness (QED) is 0.824. The number of nitrogens with zero attached hydrogens (tertiary/aromatic N) is 1. The fourth-order valence-electron chi connectivity index (χ4n) is 3.26. The molecule has 0 bridgehead atoms. The molecule has 0 aromatic heterocycles. The smallest absolute Gasteiger partial charge is 0.255 e. The molecular weight excluding hydrogens is 333 g/mol. The van der Waals surface area contributed by atoms with Crippen molar-refractivity contribution in [3.05, 3.63) is 59.4 Å². The summed E-state index contributed by atoms with van der Waals surface area (Å²) in [6.45, 7) is 6.76. The van der Waals surface area contributed by atoms with E-state index in [1.54, 1.807) is 12.1 Å². The van der Waals surface area contributed by atoms with Crippen LogP contribution in [0.4, 0.5) is 15.8 Å². The molecule has 1 aliphatic heterocycles. The van der Waals surface area contributed by atoms with Gasteiger partial charge in [0.05, 0.1) is 23.6 Å². The van der Waals surface area contributed by atoms with Crippen LogP contribution in [0.2, 0.25) is 0 Å². The molecule has 1 aliphatic rings. The number of nitrogen functional groups attached to an aromatic ring is 1. The van der Waals surface area contributed by atoms with Crippen LogP contribution in [-0.2, 0) is 11.3 Å². The minimum atomic E-state index is -0.446. The lowest BCUT2D eigenvalue weighted by atomic mass is 10.1. The first kappa shape index (κ1) is 18.4. The van der Waals surface area contributed by atoms with E-state index in [0.717, 1.165) is 25.2 Å². The summed E-state index contributed by atoms with van der Waals surface area (Å²) < 4.78 is 19.1. The molecule has 1 saturated heterocycles. The van der Waals surface area contributed by atoms with Gasteiger partial charge in [-0.2, -0.15) is 0 Å². The number of rotatable bonds is 4. The maximum Gasteiger partial charge on any atom is 0.255 e. The normalized spacial score (nSPS) is 20.7. The van der Waals surface area contributed by atoms with E-state index in [1.165, 1.54) is 18.2 Å². The maximum absolute atomic E-state index is 13.3. The van der Waals surface area contributed by atoms with Crippen molar-refractivity contribution in [1.82, 2.24) is 4.90 Å². The number of morpholine rings is 1. The highest BCUT2D eigenvalue weighted by molar-refractivity contribution is 6.05. The van der Waals surface area contributed by atoms with Crippen LogP contribution in [0.25, 0.3) is 0 Å². The molecule has 1 amide bonds. The predicted molar refractivity (Wildman–Crippen MR) is 100 cm³/mol. The second-order valence-corrected chi connectivity index (χ2v) is 6.83. The van der Waals surface area contributed by atoms with Gasteiger partial charge < -0.3 is 15.8 Å². The summed E-state index contributed by atoms with van der Waals surface area (Å²) in [6, 6.07) is 11.3. The Hall–Kier alpha value is -2.44. The molecule has 2 aromatic carbocycles. The van der Waals surface area contributed by atoms with Crippen molar-refractivity contribution in [1.29, 1.82) is 0 Å². The van der Waals surface area contributed by atoms with Gasteiger partial charge in [0.15, 0.2) is 0 Å². The maximum atomic E-state index is 13.3. The molecule has 2 atom stereocenters. The molecule has 2 unspecified atom stereocenters. The number of nitrogens with one attached hydrogen (secondary N) is 1. The summed E-state index contributed by atoms with van der Waals surface area (Å²) in [5.74, 6) is -0.763. The third-order valence-electron chi connectivity index (χ3n) is 4.38. The SMILES string of the molecule is CC1CN(Cc2ccc(C(=O)Nc3cc(F)ccc3N)cc2)CC(C)O1. The zero-order valence-corrected chi connectivity index (χ0v) is 15.0. The van der Waals surface area contributed by atoms with Gasteiger partial charge >= 0.3 is 0 Å². The van der Waals surface area contributed by atoms with E-state index in [0.29, 0.717) is 11.3 Å². The Kier molecular flexibility index (Phi) is 5.54. The first-order chi connectivity index (χ1) is 12.4. The highest BCUT2D eigenvalue weighted by Crippen LogP contribution is 2.20. The molecule has 26 heavy (non-hydrogen) atoms. The standard InChI is InChI=1S/C20H24FN3O2/c1-13-10-24(11-14(2)26-13)12-15-3-5-16(6-4-15)20(25)23-19-9-17(21)7-8-18(19)22/h3-9,13-14H,10-12,22H2,1-2H3,(H,23,25). The molecular formula is C20H24FN3O2. The fraction of sp³-hybridized carbons (Fsp3) is 0.350. The molecule has 0 aliphatic carbocycles. The number of hydrogen-bond donors (Lipinski definition) is 2. The monoisotopic (exact) mass is 357 g/mol. The Morgan fingerprint density at radius 1 is 1.19 bits per heavy atom.